The van der Waals surface area contributed by atoms with Crippen LogP contribution in [0.15, 0.2) is 0 Å². The Morgan fingerprint density at radius 3 is 0.833 bits per heavy atom. The lowest BCUT2D eigenvalue weighted by atomic mass is 10.0. The first kappa shape index (κ1) is 74.2. The summed E-state index contributed by atoms with van der Waals surface area (Å²) in [6, 6.07) is 0. The molecule has 0 saturated heterocycles. The summed E-state index contributed by atoms with van der Waals surface area (Å²) in [4.78, 5) is 73.7. The van der Waals surface area contributed by atoms with Crippen molar-refractivity contribution in [2.24, 2.45) is 0 Å². The first-order valence-corrected chi connectivity index (χ1v) is 26.6. The fourth-order valence-corrected chi connectivity index (χ4v) is 6.01. The van der Waals surface area contributed by atoms with Crippen molar-refractivity contribution in [1.29, 1.82) is 0 Å². The Hall–Kier alpha value is -3.82. The molecule has 458 valence electrons. The van der Waals surface area contributed by atoms with Crippen LogP contribution in [0.1, 0.15) is 44.9 Å². The third-order valence-electron chi connectivity index (χ3n) is 10.0. The fraction of sp³-hybridized carbons (Fsp3) is 0.880. The van der Waals surface area contributed by atoms with Crippen molar-refractivity contribution in [3.05, 3.63) is 0 Å². The molecule has 0 saturated carbocycles. The van der Waals surface area contributed by atoms with Crippen molar-refractivity contribution in [2.75, 3.05) is 239 Å². The van der Waals surface area contributed by atoms with E-state index in [2.05, 4.69) is 26.6 Å². The molecule has 0 aliphatic carbocycles. The highest BCUT2D eigenvalue weighted by molar-refractivity contribution is 5.78. The molecule has 28 nitrogen and oxygen atoms in total. The number of rotatable bonds is 62. The third-order valence-corrected chi connectivity index (χ3v) is 10.0. The van der Waals surface area contributed by atoms with Gasteiger partial charge in [-0.25, -0.2) is 0 Å². The van der Waals surface area contributed by atoms with Crippen LogP contribution >= 0.6 is 0 Å². The number of hydrogen-bond acceptors (Lipinski definition) is 22. The van der Waals surface area contributed by atoms with Crippen LogP contribution < -0.4 is 26.6 Å². The van der Waals surface area contributed by atoms with E-state index >= 15 is 0 Å². The van der Waals surface area contributed by atoms with Gasteiger partial charge in [0, 0.05) is 86.0 Å². The molecule has 78 heavy (non-hydrogen) atoms. The zero-order chi connectivity index (χ0) is 57.1. The molecule has 0 bridgehead atoms. The number of ether oxygens (including phenoxy) is 16. The summed E-state index contributed by atoms with van der Waals surface area (Å²) in [5.41, 5.74) is -1.33. The molecule has 28 heteroatoms. The van der Waals surface area contributed by atoms with Gasteiger partial charge in [0.2, 0.25) is 29.5 Å². The SMILES string of the molecule is COCCOCCOCCNC(=O)CCOCC(COCCC(=O)NCCOCCOCCOC)(COCCC(=O)NCCOCCOCCOC)NC(=O)CCOCCOCCOCCOCCNC(=O)CCCC(=O)O. The Morgan fingerprint density at radius 1 is 0.295 bits per heavy atom. The molecular formula is C50H95N5O23. The first-order valence-electron chi connectivity index (χ1n) is 26.6. The molecule has 0 fully saturated rings. The second-order valence-corrected chi connectivity index (χ2v) is 16.7. The van der Waals surface area contributed by atoms with Gasteiger partial charge in [-0.3, -0.25) is 28.8 Å². The maximum Gasteiger partial charge on any atom is 0.303 e. The monoisotopic (exact) mass is 1130 g/mol. The van der Waals surface area contributed by atoms with Crippen molar-refractivity contribution >= 4 is 35.5 Å². The molecular weight excluding hydrogens is 1040 g/mol. The van der Waals surface area contributed by atoms with Gasteiger partial charge in [-0.15, -0.1) is 0 Å². The quantitative estimate of drug-likeness (QED) is 0.0369. The van der Waals surface area contributed by atoms with E-state index in [0.29, 0.717) is 119 Å². The zero-order valence-electron chi connectivity index (χ0n) is 46.7. The van der Waals surface area contributed by atoms with E-state index in [1.807, 2.05) is 0 Å². The molecule has 0 aromatic carbocycles. The van der Waals surface area contributed by atoms with Crippen molar-refractivity contribution in [3.63, 3.8) is 0 Å². The normalized spacial score (nSPS) is 11.4. The second kappa shape index (κ2) is 57.9. The lowest BCUT2D eigenvalue weighted by Crippen LogP contribution is -2.59. The number of nitrogens with one attached hydrogen (secondary N) is 5. The highest BCUT2D eigenvalue weighted by atomic mass is 16.6. The Bertz CT molecular complexity index is 1340. The van der Waals surface area contributed by atoms with E-state index in [1.165, 1.54) is 0 Å². The van der Waals surface area contributed by atoms with E-state index in [-0.39, 0.29) is 167 Å². The standard InChI is InChI=1S/C50H95N5O23/c1-63-23-26-71-35-30-68-20-12-52-45(57)7-16-76-41-50(42-77-17-8-46(58)53-13-21-69-31-36-72-27-24-64-2,43-78-18-9-47(59)54-14-22-70-32-37-73-28-25-65-3)55-48(60)10-15-66-29-34-74-39-40-75-38-33-67-19-11-51-44(56)5-4-6-49(61)62/h4-43H2,1-3H3,(H,51,56)(H,52,57)(H,53,58)(H,54,59)(H,55,60)(H,61,62). The summed E-state index contributed by atoms with van der Waals surface area (Å²) in [5.74, 6) is -2.43. The molecule has 0 atom stereocenters. The highest BCUT2D eigenvalue weighted by Gasteiger charge is 2.34. The van der Waals surface area contributed by atoms with E-state index in [0.717, 1.165) is 0 Å². The van der Waals surface area contributed by atoms with Gasteiger partial charge in [-0.05, 0) is 6.42 Å². The molecule has 5 amide bonds. The van der Waals surface area contributed by atoms with Crippen LogP contribution in [-0.4, -0.2) is 285 Å². The predicted octanol–water partition coefficient (Wildman–Crippen LogP) is -1.72. The molecule has 0 unspecified atom stereocenters. The Morgan fingerprint density at radius 2 is 0.538 bits per heavy atom. The summed E-state index contributed by atoms with van der Waals surface area (Å²) in [5, 5.41) is 22.6. The molecule has 0 aromatic rings. The zero-order valence-corrected chi connectivity index (χ0v) is 46.7. The molecule has 0 aliphatic heterocycles. The van der Waals surface area contributed by atoms with E-state index < -0.39 is 17.4 Å². The molecule has 0 rings (SSSR count). The van der Waals surface area contributed by atoms with Gasteiger partial charge in [0.1, 0.15) is 5.54 Å². The fourth-order valence-electron chi connectivity index (χ4n) is 6.01. The minimum absolute atomic E-state index is 0.000657. The number of carbonyl (C=O) groups is 6. The van der Waals surface area contributed by atoms with Crippen LogP contribution in [0.2, 0.25) is 0 Å². The van der Waals surface area contributed by atoms with Gasteiger partial charge in [-0.1, -0.05) is 0 Å². The average Bonchev–Trinajstić information content (AvgIpc) is 3.42. The van der Waals surface area contributed by atoms with E-state index in [9.17, 15) is 28.8 Å². The number of carboxylic acid groups (broad SMARTS) is 1. The molecule has 0 spiro atoms. The van der Waals surface area contributed by atoms with Crippen molar-refractivity contribution in [3.8, 4) is 0 Å². The minimum Gasteiger partial charge on any atom is -0.481 e. The number of carboxylic acids is 1. The minimum atomic E-state index is -1.33. The van der Waals surface area contributed by atoms with Crippen molar-refractivity contribution in [1.82, 2.24) is 26.6 Å². The van der Waals surface area contributed by atoms with Crippen LogP contribution in [0.5, 0.6) is 0 Å². The molecule has 6 N–H and O–H groups in total. The van der Waals surface area contributed by atoms with Gasteiger partial charge < -0.3 is 107 Å². The lowest BCUT2D eigenvalue weighted by molar-refractivity contribution is -0.137. The summed E-state index contributed by atoms with van der Waals surface area (Å²) in [6.45, 7) is 8.62. The Balaban J connectivity index is 5.29. The summed E-state index contributed by atoms with van der Waals surface area (Å²) in [6.07, 6.45) is 0.309. The maximum atomic E-state index is 13.5. The van der Waals surface area contributed by atoms with Crippen molar-refractivity contribution in [2.45, 2.75) is 50.5 Å². The van der Waals surface area contributed by atoms with Crippen LogP contribution in [0.25, 0.3) is 0 Å². The lowest BCUT2D eigenvalue weighted by Gasteiger charge is -2.34. The van der Waals surface area contributed by atoms with Gasteiger partial charge in [0.05, 0.1) is 192 Å². The molecule has 0 heterocycles. The number of carbonyl (C=O) groups excluding carboxylic acids is 5. The van der Waals surface area contributed by atoms with E-state index in [1.54, 1.807) is 21.3 Å². The number of hydrogen-bond donors (Lipinski definition) is 6. The maximum absolute atomic E-state index is 13.5. The van der Waals surface area contributed by atoms with Crippen LogP contribution in [-0.2, 0) is 105 Å². The number of aliphatic carboxylic acids is 1. The molecule has 0 radical (unpaired) electrons. The van der Waals surface area contributed by atoms with Crippen LogP contribution in [0, 0.1) is 0 Å². The largest absolute Gasteiger partial charge is 0.481 e. The molecule has 0 aliphatic rings. The van der Waals surface area contributed by atoms with Gasteiger partial charge in [-0.2, -0.15) is 0 Å². The van der Waals surface area contributed by atoms with Crippen molar-refractivity contribution < 1.29 is 110 Å². The second-order valence-electron chi connectivity index (χ2n) is 16.7. The number of amides is 5. The van der Waals surface area contributed by atoms with Gasteiger partial charge in [0.25, 0.3) is 0 Å². The topological polar surface area (TPSA) is 330 Å². The highest BCUT2D eigenvalue weighted by Crippen LogP contribution is 2.11. The Kier molecular flexibility index (Phi) is 55.0. The predicted molar refractivity (Wildman–Crippen MR) is 279 cm³/mol. The van der Waals surface area contributed by atoms with Crippen LogP contribution in [0.3, 0.4) is 0 Å². The van der Waals surface area contributed by atoms with Crippen LogP contribution in [0.4, 0.5) is 0 Å². The summed E-state index contributed by atoms with van der Waals surface area (Å²) in [7, 11) is 4.77. The van der Waals surface area contributed by atoms with Gasteiger partial charge in [0.15, 0.2) is 0 Å². The summed E-state index contributed by atoms with van der Waals surface area (Å²) >= 11 is 0. The third kappa shape index (κ3) is 54.2. The smallest absolute Gasteiger partial charge is 0.303 e. The average molecular weight is 1130 g/mol. The van der Waals surface area contributed by atoms with E-state index in [4.69, 9.17) is 80.9 Å². The Labute approximate surface area is 460 Å². The first-order chi connectivity index (χ1) is 38.1. The summed E-state index contributed by atoms with van der Waals surface area (Å²) < 4.78 is 87.5. The molecule has 0 aromatic heterocycles. The number of methoxy groups -OCH3 is 3. The van der Waals surface area contributed by atoms with Gasteiger partial charge >= 0.3 is 5.97 Å².